The highest BCUT2D eigenvalue weighted by Gasteiger charge is 2.31. The highest BCUT2D eigenvalue weighted by molar-refractivity contribution is 5.91. The number of nitrogens with one attached hydrogen (secondary N) is 1. The summed E-state index contributed by atoms with van der Waals surface area (Å²) in [4.78, 5) is 25.7. The molecule has 1 N–H and O–H groups in total. The lowest BCUT2D eigenvalue weighted by Crippen LogP contribution is -2.38. The van der Waals surface area contributed by atoms with Gasteiger partial charge in [-0.2, -0.15) is 0 Å². The number of hydrogen-bond acceptors (Lipinski definition) is 4. The molecule has 0 bridgehead atoms. The van der Waals surface area contributed by atoms with E-state index in [4.69, 9.17) is 4.74 Å². The normalized spacial score (nSPS) is 18.5. The molecule has 0 unspecified atom stereocenters. The number of carbonyl (C=O) groups is 2. The zero-order valence-corrected chi connectivity index (χ0v) is 12.6. The van der Waals surface area contributed by atoms with E-state index in [1.807, 2.05) is 36.1 Å². The number of likely N-dealkylation sites (tertiary alicyclic amines) is 1. The van der Waals surface area contributed by atoms with Crippen molar-refractivity contribution in [2.24, 2.45) is 0 Å². The third-order valence-corrected chi connectivity index (χ3v) is 3.88. The van der Waals surface area contributed by atoms with E-state index in [2.05, 4.69) is 5.32 Å². The minimum atomic E-state index is -0.202. The van der Waals surface area contributed by atoms with E-state index in [0.29, 0.717) is 13.0 Å². The molecular weight excluding hydrogens is 268 g/mol. The van der Waals surface area contributed by atoms with Crippen LogP contribution in [-0.4, -0.2) is 43.0 Å². The van der Waals surface area contributed by atoms with Crippen molar-refractivity contribution in [3.05, 3.63) is 29.8 Å². The fourth-order valence-electron chi connectivity index (χ4n) is 2.67. The van der Waals surface area contributed by atoms with Gasteiger partial charge in [0, 0.05) is 18.7 Å². The minimum Gasteiger partial charge on any atom is -0.468 e. The molecule has 0 aromatic heterocycles. The van der Waals surface area contributed by atoms with Crippen LogP contribution in [0.2, 0.25) is 0 Å². The van der Waals surface area contributed by atoms with Crippen LogP contribution in [0.3, 0.4) is 0 Å². The lowest BCUT2D eigenvalue weighted by atomic mass is 10.2. The van der Waals surface area contributed by atoms with E-state index < -0.39 is 0 Å². The first-order valence-corrected chi connectivity index (χ1v) is 7.29. The molecule has 1 amide bonds. The number of carbonyl (C=O) groups excluding carboxylic acids is 2. The molecule has 1 heterocycles. The molecule has 5 nitrogen and oxygen atoms in total. The first kappa shape index (κ1) is 15.5. The van der Waals surface area contributed by atoms with Crippen molar-refractivity contribution >= 4 is 17.6 Å². The van der Waals surface area contributed by atoms with Gasteiger partial charge in [-0.15, -0.1) is 0 Å². The minimum absolute atomic E-state index is 0.0279. The molecule has 1 aliphatic rings. The van der Waals surface area contributed by atoms with E-state index in [-0.39, 0.29) is 17.9 Å². The van der Waals surface area contributed by atoms with Crippen LogP contribution in [-0.2, 0) is 14.3 Å². The molecule has 5 heteroatoms. The molecule has 0 aliphatic carbocycles. The number of methoxy groups -OCH3 is 1. The molecule has 1 saturated heterocycles. The summed E-state index contributed by atoms with van der Waals surface area (Å²) in [5.41, 5.74) is 1.88. The van der Waals surface area contributed by atoms with E-state index in [0.717, 1.165) is 30.6 Å². The van der Waals surface area contributed by atoms with Crippen molar-refractivity contribution in [2.75, 3.05) is 25.5 Å². The average Bonchev–Trinajstić information content (AvgIpc) is 2.95. The molecule has 21 heavy (non-hydrogen) atoms. The number of anilines is 1. The van der Waals surface area contributed by atoms with Gasteiger partial charge in [-0.3, -0.25) is 14.5 Å². The van der Waals surface area contributed by atoms with Gasteiger partial charge in [0.15, 0.2) is 0 Å². The molecule has 0 spiro atoms. The summed E-state index contributed by atoms with van der Waals surface area (Å²) in [5.74, 6) is -0.230. The fraction of sp³-hybridized carbons (Fsp3) is 0.500. The Bertz CT molecular complexity index is 516. The number of ether oxygens (including phenoxy) is 1. The molecule has 1 aromatic carbocycles. The van der Waals surface area contributed by atoms with Gasteiger partial charge in [0.2, 0.25) is 5.91 Å². The van der Waals surface area contributed by atoms with Crippen molar-refractivity contribution in [1.29, 1.82) is 0 Å². The maximum absolute atomic E-state index is 12.0. The largest absolute Gasteiger partial charge is 0.468 e. The Labute approximate surface area is 125 Å². The lowest BCUT2D eigenvalue weighted by Gasteiger charge is -2.21. The van der Waals surface area contributed by atoms with Crippen LogP contribution in [0.4, 0.5) is 5.69 Å². The molecule has 1 fully saturated rings. The van der Waals surface area contributed by atoms with Crippen LogP contribution in [0.15, 0.2) is 24.3 Å². The molecule has 1 aromatic rings. The highest BCUT2D eigenvalue weighted by atomic mass is 16.5. The summed E-state index contributed by atoms with van der Waals surface area (Å²) in [5, 5.41) is 2.91. The molecule has 2 rings (SSSR count). The van der Waals surface area contributed by atoms with Gasteiger partial charge < -0.3 is 10.1 Å². The predicted molar refractivity (Wildman–Crippen MR) is 81.0 cm³/mol. The SMILES string of the molecule is COC(=O)[C@H]1CCCN1CCC(=O)Nc1ccccc1C. The number of hydrogen-bond donors (Lipinski definition) is 1. The number of benzene rings is 1. The van der Waals surface area contributed by atoms with Gasteiger partial charge in [0.25, 0.3) is 0 Å². The van der Waals surface area contributed by atoms with Crippen LogP contribution in [0.25, 0.3) is 0 Å². The molecule has 114 valence electrons. The van der Waals surface area contributed by atoms with Crippen LogP contribution >= 0.6 is 0 Å². The molecule has 1 aliphatic heterocycles. The number of esters is 1. The standard InChI is InChI=1S/C16H22N2O3/c1-12-6-3-4-7-13(12)17-15(19)9-11-18-10-5-8-14(18)16(20)21-2/h3-4,6-7,14H,5,8-11H2,1-2H3,(H,17,19)/t14-/m1/s1. The smallest absolute Gasteiger partial charge is 0.323 e. The fourth-order valence-corrected chi connectivity index (χ4v) is 2.67. The van der Waals surface area contributed by atoms with Gasteiger partial charge in [0.05, 0.1) is 7.11 Å². The quantitative estimate of drug-likeness (QED) is 0.842. The third-order valence-electron chi connectivity index (χ3n) is 3.88. The van der Waals surface area contributed by atoms with E-state index in [1.165, 1.54) is 7.11 Å². The topological polar surface area (TPSA) is 58.6 Å². The van der Waals surface area contributed by atoms with Crippen molar-refractivity contribution in [2.45, 2.75) is 32.2 Å². The Kier molecular flexibility index (Phi) is 5.33. The zero-order chi connectivity index (χ0) is 15.2. The van der Waals surface area contributed by atoms with Gasteiger partial charge in [-0.25, -0.2) is 0 Å². The molecule has 0 radical (unpaired) electrons. The molecular formula is C16H22N2O3. The van der Waals surface area contributed by atoms with Crippen molar-refractivity contribution in [3.8, 4) is 0 Å². The molecule has 1 atom stereocenters. The van der Waals surface area contributed by atoms with Crippen molar-refractivity contribution in [1.82, 2.24) is 4.90 Å². The zero-order valence-electron chi connectivity index (χ0n) is 12.6. The van der Waals surface area contributed by atoms with Gasteiger partial charge in [0.1, 0.15) is 6.04 Å². The number of para-hydroxylation sites is 1. The first-order valence-electron chi connectivity index (χ1n) is 7.29. The second-order valence-corrected chi connectivity index (χ2v) is 5.33. The van der Waals surface area contributed by atoms with Crippen LogP contribution in [0, 0.1) is 6.92 Å². The lowest BCUT2D eigenvalue weighted by molar-refractivity contribution is -0.146. The third kappa shape index (κ3) is 4.04. The predicted octanol–water partition coefficient (Wildman–Crippen LogP) is 1.96. The highest BCUT2D eigenvalue weighted by Crippen LogP contribution is 2.19. The first-order chi connectivity index (χ1) is 10.1. The maximum Gasteiger partial charge on any atom is 0.323 e. The summed E-state index contributed by atoms with van der Waals surface area (Å²) in [7, 11) is 1.41. The number of rotatable bonds is 5. The summed E-state index contributed by atoms with van der Waals surface area (Å²) in [6, 6.07) is 7.50. The van der Waals surface area contributed by atoms with Gasteiger partial charge >= 0.3 is 5.97 Å². The van der Waals surface area contributed by atoms with E-state index in [9.17, 15) is 9.59 Å². The van der Waals surface area contributed by atoms with Gasteiger partial charge in [-0.1, -0.05) is 18.2 Å². The summed E-state index contributed by atoms with van der Waals surface area (Å²) in [6.45, 7) is 3.39. The van der Waals surface area contributed by atoms with Crippen molar-refractivity contribution < 1.29 is 14.3 Å². The van der Waals surface area contributed by atoms with Crippen LogP contribution in [0.5, 0.6) is 0 Å². The van der Waals surface area contributed by atoms with Crippen LogP contribution < -0.4 is 5.32 Å². The number of aryl methyl sites for hydroxylation is 1. The Morgan fingerprint density at radius 3 is 2.86 bits per heavy atom. The second kappa shape index (κ2) is 7.22. The monoisotopic (exact) mass is 290 g/mol. The average molecular weight is 290 g/mol. The Morgan fingerprint density at radius 2 is 2.14 bits per heavy atom. The van der Waals surface area contributed by atoms with Crippen LogP contribution in [0.1, 0.15) is 24.8 Å². The van der Waals surface area contributed by atoms with Gasteiger partial charge in [-0.05, 0) is 37.9 Å². The summed E-state index contributed by atoms with van der Waals surface area (Å²) in [6.07, 6.45) is 2.16. The van der Waals surface area contributed by atoms with E-state index >= 15 is 0 Å². The Balaban J connectivity index is 1.84. The van der Waals surface area contributed by atoms with Crippen molar-refractivity contribution in [3.63, 3.8) is 0 Å². The van der Waals surface area contributed by atoms with E-state index in [1.54, 1.807) is 0 Å². The Hall–Kier alpha value is -1.88. The molecule has 0 saturated carbocycles. The summed E-state index contributed by atoms with van der Waals surface area (Å²) >= 11 is 0. The number of nitrogens with zero attached hydrogens (tertiary/aromatic N) is 1. The maximum atomic E-state index is 12.0. The summed E-state index contributed by atoms with van der Waals surface area (Å²) < 4.78 is 4.80. The number of amides is 1. The second-order valence-electron chi connectivity index (χ2n) is 5.33. The Morgan fingerprint density at radius 1 is 1.38 bits per heavy atom.